The van der Waals surface area contributed by atoms with E-state index in [0.717, 1.165) is 15.7 Å². The predicted molar refractivity (Wildman–Crippen MR) is 89.5 cm³/mol. The number of carbonyl (C=O) groups is 1. The lowest BCUT2D eigenvalue weighted by atomic mass is 10.3. The average molecular weight is 352 g/mol. The Morgan fingerprint density at radius 1 is 1.38 bits per heavy atom. The Morgan fingerprint density at radius 2 is 2.23 bits per heavy atom. The molecule has 12 nitrogen and oxygen atoms in total. The molecule has 0 aliphatic heterocycles. The molecule has 4 aromatic rings. The maximum atomic E-state index is 12.4. The Kier molecular flexibility index (Phi) is 3.61. The van der Waals surface area contributed by atoms with Crippen molar-refractivity contribution >= 4 is 29.0 Å². The minimum absolute atomic E-state index is 0.0188. The molecule has 130 valence electrons. The molecular weight excluding hydrogens is 340 g/mol. The first-order valence-electron chi connectivity index (χ1n) is 7.42. The van der Waals surface area contributed by atoms with Gasteiger partial charge in [0.15, 0.2) is 11.5 Å². The lowest BCUT2D eigenvalue weighted by molar-refractivity contribution is 0.0946. The molecule has 0 spiro atoms. The highest BCUT2D eigenvalue weighted by Gasteiger charge is 2.22. The summed E-state index contributed by atoms with van der Waals surface area (Å²) in [5, 5.41) is 18.6. The monoisotopic (exact) mass is 352 g/mol. The van der Waals surface area contributed by atoms with Gasteiger partial charge in [0.25, 0.3) is 5.91 Å². The number of aromatic amines is 1. The Bertz CT molecular complexity index is 1090. The van der Waals surface area contributed by atoms with Crippen LogP contribution < -0.4 is 11.2 Å². The van der Waals surface area contributed by atoms with Crippen molar-refractivity contribution in [3.8, 4) is 5.82 Å². The Labute approximate surface area is 145 Å². The Balaban J connectivity index is 1.55. The first kappa shape index (κ1) is 15.4. The third-order valence-corrected chi connectivity index (χ3v) is 3.51. The van der Waals surface area contributed by atoms with Crippen molar-refractivity contribution in [3.63, 3.8) is 0 Å². The normalized spacial score (nSPS) is 11.4. The first-order valence-corrected chi connectivity index (χ1v) is 7.42. The standard InChI is InChI=1S/C14H12N10O2/c1-7-11(24(23-19-7)13-12(15)21-26-22-13)14(25)20-16-6-10-17-8-4-2-3-5-9(8)18-10/h2-6H,1H3,(H2,15,21)(H,17,18)(H,20,25)/b16-6+. The zero-order valence-corrected chi connectivity index (χ0v) is 13.4. The van der Waals surface area contributed by atoms with Gasteiger partial charge in [-0.05, 0) is 29.4 Å². The third kappa shape index (κ3) is 2.64. The molecule has 0 unspecified atom stereocenters. The maximum Gasteiger partial charge on any atom is 0.292 e. The van der Waals surface area contributed by atoms with Crippen molar-refractivity contribution in [1.82, 2.24) is 40.7 Å². The molecule has 3 heterocycles. The molecule has 0 radical (unpaired) electrons. The van der Waals surface area contributed by atoms with Gasteiger partial charge in [-0.3, -0.25) is 4.79 Å². The summed E-state index contributed by atoms with van der Waals surface area (Å²) >= 11 is 0. The van der Waals surface area contributed by atoms with E-state index in [1.165, 1.54) is 6.21 Å². The van der Waals surface area contributed by atoms with Crippen LogP contribution in [0.1, 0.15) is 22.0 Å². The fourth-order valence-electron chi connectivity index (χ4n) is 2.34. The molecule has 0 saturated carbocycles. The van der Waals surface area contributed by atoms with Crippen LogP contribution in [-0.2, 0) is 0 Å². The number of amides is 1. The van der Waals surface area contributed by atoms with E-state index in [9.17, 15) is 4.79 Å². The summed E-state index contributed by atoms with van der Waals surface area (Å²) in [6.45, 7) is 1.62. The van der Waals surface area contributed by atoms with Crippen molar-refractivity contribution < 1.29 is 9.42 Å². The van der Waals surface area contributed by atoms with Gasteiger partial charge in [-0.2, -0.15) is 9.78 Å². The second-order valence-electron chi connectivity index (χ2n) is 5.25. The fourth-order valence-corrected chi connectivity index (χ4v) is 2.34. The van der Waals surface area contributed by atoms with E-state index in [2.05, 4.69) is 45.7 Å². The van der Waals surface area contributed by atoms with Gasteiger partial charge in [0.05, 0.1) is 22.9 Å². The molecular formula is C14H12N10O2. The van der Waals surface area contributed by atoms with Crippen LogP contribution in [0.15, 0.2) is 34.0 Å². The van der Waals surface area contributed by atoms with Crippen LogP contribution in [0.5, 0.6) is 0 Å². The highest BCUT2D eigenvalue weighted by atomic mass is 16.6. The Hall–Kier alpha value is -4.09. The summed E-state index contributed by atoms with van der Waals surface area (Å²) in [5.41, 5.74) is 10.2. The number of imidazole rings is 1. The molecule has 0 saturated heterocycles. The first-order chi connectivity index (χ1) is 12.6. The van der Waals surface area contributed by atoms with Gasteiger partial charge in [-0.25, -0.2) is 15.0 Å². The van der Waals surface area contributed by atoms with E-state index < -0.39 is 5.91 Å². The van der Waals surface area contributed by atoms with E-state index in [1.807, 2.05) is 24.3 Å². The Morgan fingerprint density at radius 3 is 3.00 bits per heavy atom. The second-order valence-corrected chi connectivity index (χ2v) is 5.25. The van der Waals surface area contributed by atoms with Crippen LogP contribution >= 0.6 is 0 Å². The smallest absolute Gasteiger partial charge is 0.292 e. The number of anilines is 1. The minimum Gasteiger partial charge on any atom is -0.378 e. The molecule has 12 heteroatoms. The number of rotatable bonds is 4. The maximum absolute atomic E-state index is 12.4. The molecule has 3 aromatic heterocycles. The summed E-state index contributed by atoms with van der Waals surface area (Å²) in [5.74, 6) is -0.00574. The van der Waals surface area contributed by atoms with Crippen LogP contribution in [0.3, 0.4) is 0 Å². The summed E-state index contributed by atoms with van der Waals surface area (Å²) in [6, 6.07) is 7.53. The number of benzene rings is 1. The highest BCUT2D eigenvalue weighted by molar-refractivity contribution is 5.94. The van der Waals surface area contributed by atoms with Gasteiger partial charge in [0, 0.05) is 0 Å². The number of carbonyl (C=O) groups excluding carboxylic acids is 1. The largest absolute Gasteiger partial charge is 0.378 e. The zero-order valence-electron chi connectivity index (χ0n) is 13.4. The highest BCUT2D eigenvalue weighted by Crippen LogP contribution is 2.15. The van der Waals surface area contributed by atoms with Gasteiger partial charge in [0.1, 0.15) is 0 Å². The number of para-hydroxylation sites is 2. The fraction of sp³-hybridized carbons (Fsp3) is 0.0714. The predicted octanol–water partition coefficient (Wildman–Crippen LogP) is 0.181. The molecule has 4 rings (SSSR count). The number of nitrogens with one attached hydrogen (secondary N) is 2. The molecule has 0 bridgehead atoms. The number of nitrogens with zero attached hydrogens (tertiary/aromatic N) is 7. The molecule has 0 fully saturated rings. The molecule has 1 amide bonds. The molecule has 4 N–H and O–H groups in total. The van der Waals surface area contributed by atoms with E-state index in [1.54, 1.807) is 6.92 Å². The second kappa shape index (κ2) is 6.08. The van der Waals surface area contributed by atoms with Gasteiger partial charge < -0.3 is 10.7 Å². The summed E-state index contributed by atoms with van der Waals surface area (Å²) in [7, 11) is 0. The number of aryl methyl sites for hydroxylation is 1. The van der Waals surface area contributed by atoms with Crippen LogP contribution in [0.25, 0.3) is 16.9 Å². The SMILES string of the molecule is Cc1nnn(-c2nonc2N)c1C(=O)N/N=C/c1nc2ccccc2[nH]1. The van der Waals surface area contributed by atoms with E-state index >= 15 is 0 Å². The lowest BCUT2D eigenvalue weighted by Gasteiger charge is -2.02. The van der Waals surface area contributed by atoms with Crippen LogP contribution in [-0.4, -0.2) is 47.4 Å². The van der Waals surface area contributed by atoms with Crippen LogP contribution in [0.4, 0.5) is 5.82 Å². The molecule has 0 atom stereocenters. The van der Waals surface area contributed by atoms with Crippen molar-refractivity contribution in [2.24, 2.45) is 5.10 Å². The van der Waals surface area contributed by atoms with Gasteiger partial charge >= 0.3 is 0 Å². The average Bonchev–Trinajstić information content (AvgIpc) is 3.32. The van der Waals surface area contributed by atoms with E-state index in [0.29, 0.717) is 11.5 Å². The number of hydrogen-bond donors (Lipinski definition) is 3. The number of hydrogen-bond acceptors (Lipinski definition) is 9. The molecule has 0 aliphatic rings. The molecule has 1 aromatic carbocycles. The van der Waals surface area contributed by atoms with Crippen molar-refractivity contribution in [1.29, 1.82) is 0 Å². The van der Waals surface area contributed by atoms with Gasteiger partial charge in [0.2, 0.25) is 11.6 Å². The van der Waals surface area contributed by atoms with Gasteiger partial charge in [-0.15, -0.1) is 5.10 Å². The number of fused-ring (bicyclic) bond motifs is 1. The minimum atomic E-state index is -0.553. The summed E-state index contributed by atoms with van der Waals surface area (Å²) in [4.78, 5) is 19.8. The topological polar surface area (TPSA) is 166 Å². The van der Waals surface area contributed by atoms with E-state index in [4.69, 9.17) is 5.73 Å². The zero-order chi connectivity index (χ0) is 18.1. The van der Waals surface area contributed by atoms with Gasteiger partial charge in [-0.1, -0.05) is 17.3 Å². The molecule has 26 heavy (non-hydrogen) atoms. The lowest BCUT2D eigenvalue weighted by Crippen LogP contribution is -2.23. The van der Waals surface area contributed by atoms with Crippen molar-refractivity contribution in [3.05, 3.63) is 41.5 Å². The van der Waals surface area contributed by atoms with E-state index in [-0.39, 0.29) is 17.3 Å². The number of aromatic nitrogens is 7. The summed E-state index contributed by atoms with van der Waals surface area (Å²) in [6.07, 6.45) is 1.40. The number of H-pyrrole nitrogens is 1. The number of hydrazone groups is 1. The van der Waals surface area contributed by atoms with Crippen LogP contribution in [0.2, 0.25) is 0 Å². The number of nitrogens with two attached hydrogens (primary N) is 1. The summed E-state index contributed by atoms with van der Waals surface area (Å²) < 4.78 is 5.66. The molecule has 0 aliphatic carbocycles. The third-order valence-electron chi connectivity index (χ3n) is 3.51. The number of nitrogen functional groups attached to an aromatic ring is 1. The van der Waals surface area contributed by atoms with Crippen LogP contribution in [0, 0.1) is 6.92 Å². The van der Waals surface area contributed by atoms with Crippen molar-refractivity contribution in [2.75, 3.05) is 5.73 Å². The van der Waals surface area contributed by atoms with Crippen molar-refractivity contribution in [2.45, 2.75) is 6.92 Å². The quantitative estimate of drug-likeness (QED) is 0.345.